The number of rotatable bonds is 1. The molecule has 1 N–H and O–H groups in total. The predicted octanol–water partition coefficient (Wildman–Crippen LogP) is 3.45. The summed E-state index contributed by atoms with van der Waals surface area (Å²) in [7, 11) is 0. The van der Waals surface area contributed by atoms with Crippen LogP contribution in [-0.4, -0.2) is 17.8 Å². The molecule has 1 aliphatic heterocycles. The van der Waals surface area contributed by atoms with Gasteiger partial charge in [0, 0.05) is 23.6 Å². The number of para-hydroxylation sites is 1. The van der Waals surface area contributed by atoms with Crippen molar-refractivity contribution in [2.24, 2.45) is 0 Å². The van der Waals surface area contributed by atoms with E-state index in [4.69, 9.17) is 0 Å². The number of piperidine rings is 1. The normalized spacial score (nSPS) is 21.6. The van der Waals surface area contributed by atoms with E-state index in [1.807, 2.05) is 35.4 Å². The maximum atomic E-state index is 13.9. The average Bonchev–Trinajstić information content (AvgIpc) is 2.74. The molecule has 1 aliphatic rings. The summed E-state index contributed by atoms with van der Waals surface area (Å²) >= 11 is 0. The lowest BCUT2D eigenvalue weighted by Gasteiger charge is -2.31. The minimum Gasteiger partial charge on any atom is -0.359 e. The molecule has 0 saturated carbocycles. The van der Waals surface area contributed by atoms with Gasteiger partial charge in [0.2, 0.25) is 0 Å². The van der Waals surface area contributed by atoms with Gasteiger partial charge in [0.1, 0.15) is 0 Å². The Balaban J connectivity index is 2.04. The number of aromatic amines is 1. The van der Waals surface area contributed by atoms with Gasteiger partial charge in [0.15, 0.2) is 6.30 Å². The van der Waals surface area contributed by atoms with Gasteiger partial charge in [-0.25, -0.2) is 4.39 Å². The Morgan fingerprint density at radius 2 is 2.12 bits per heavy atom. The SMILES string of the molecule is FC1CCCCN1c1c[nH]c2ccccc12. The van der Waals surface area contributed by atoms with Crippen molar-refractivity contribution in [2.75, 3.05) is 11.4 Å². The molecular weight excluding hydrogens is 203 g/mol. The molecule has 0 bridgehead atoms. The molecule has 0 spiro atoms. The van der Waals surface area contributed by atoms with E-state index in [1.54, 1.807) is 0 Å². The smallest absolute Gasteiger partial charge is 0.172 e. The van der Waals surface area contributed by atoms with E-state index < -0.39 is 6.30 Å². The molecule has 1 aromatic heterocycles. The maximum Gasteiger partial charge on any atom is 0.172 e. The molecule has 16 heavy (non-hydrogen) atoms. The zero-order valence-electron chi connectivity index (χ0n) is 9.12. The number of fused-ring (bicyclic) bond motifs is 1. The van der Waals surface area contributed by atoms with Gasteiger partial charge in [0.05, 0.1) is 5.69 Å². The highest BCUT2D eigenvalue weighted by molar-refractivity contribution is 5.92. The van der Waals surface area contributed by atoms with Crippen molar-refractivity contribution in [3.05, 3.63) is 30.5 Å². The fourth-order valence-corrected chi connectivity index (χ4v) is 2.46. The summed E-state index contributed by atoms with van der Waals surface area (Å²) in [6.45, 7) is 0.822. The minimum atomic E-state index is -0.826. The number of hydrogen-bond acceptors (Lipinski definition) is 1. The highest BCUT2D eigenvalue weighted by Crippen LogP contribution is 2.31. The van der Waals surface area contributed by atoms with Gasteiger partial charge < -0.3 is 9.88 Å². The van der Waals surface area contributed by atoms with E-state index in [0.29, 0.717) is 6.42 Å². The third-order valence-electron chi connectivity index (χ3n) is 3.31. The lowest BCUT2D eigenvalue weighted by molar-refractivity contribution is 0.266. The van der Waals surface area contributed by atoms with Crippen LogP contribution in [0.2, 0.25) is 0 Å². The molecule has 2 heterocycles. The van der Waals surface area contributed by atoms with Crippen LogP contribution < -0.4 is 4.90 Å². The van der Waals surface area contributed by atoms with Crippen molar-refractivity contribution >= 4 is 16.6 Å². The van der Waals surface area contributed by atoms with Crippen LogP contribution in [0.3, 0.4) is 0 Å². The van der Waals surface area contributed by atoms with Gasteiger partial charge in [-0.3, -0.25) is 0 Å². The van der Waals surface area contributed by atoms with E-state index in [9.17, 15) is 4.39 Å². The van der Waals surface area contributed by atoms with Crippen molar-refractivity contribution < 1.29 is 4.39 Å². The van der Waals surface area contributed by atoms with Crippen LogP contribution in [0, 0.1) is 0 Å². The lowest BCUT2D eigenvalue weighted by atomic mass is 10.1. The summed E-state index contributed by atoms with van der Waals surface area (Å²) < 4.78 is 13.9. The Morgan fingerprint density at radius 1 is 1.25 bits per heavy atom. The molecule has 0 aliphatic carbocycles. The highest BCUT2D eigenvalue weighted by Gasteiger charge is 2.23. The Kier molecular flexibility index (Phi) is 2.31. The molecule has 1 saturated heterocycles. The first kappa shape index (κ1) is 9.70. The molecule has 3 rings (SSSR count). The Morgan fingerprint density at radius 3 is 3.00 bits per heavy atom. The van der Waals surface area contributed by atoms with Crippen molar-refractivity contribution in [3.8, 4) is 0 Å². The number of halogens is 1. The van der Waals surface area contributed by atoms with Crippen LogP contribution in [0.4, 0.5) is 10.1 Å². The number of aromatic nitrogens is 1. The second-order valence-corrected chi connectivity index (χ2v) is 4.34. The van der Waals surface area contributed by atoms with Crippen molar-refractivity contribution in [1.29, 1.82) is 0 Å². The molecule has 2 nitrogen and oxygen atoms in total. The summed E-state index contributed by atoms with van der Waals surface area (Å²) in [6, 6.07) is 8.06. The second-order valence-electron chi connectivity index (χ2n) is 4.34. The van der Waals surface area contributed by atoms with Crippen LogP contribution in [0.5, 0.6) is 0 Å². The number of anilines is 1. The van der Waals surface area contributed by atoms with Crippen LogP contribution in [-0.2, 0) is 0 Å². The molecule has 84 valence electrons. The minimum absolute atomic E-state index is 0.652. The number of nitrogens with one attached hydrogen (secondary N) is 1. The third-order valence-corrected chi connectivity index (χ3v) is 3.31. The molecule has 0 amide bonds. The largest absolute Gasteiger partial charge is 0.359 e. The van der Waals surface area contributed by atoms with Crippen LogP contribution in [0.25, 0.3) is 10.9 Å². The van der Waals surface area contributed by atoms with Crippen molar-refractivity contribution in [2.45, 2.75) is 25.6 Å². The number of H-pyrrole nitrogens is 1. The van der Waals surface area contributed by atoms with Gasteiger partial charge in [-0.2, -0.15) is 0 Å². The zero-order chi connectivity index (χ0) is 11.0. The maximum absolute atomic E-state index is 13.9. The Bertz CT molecular complexity index is 491. The average molecular weight is 218 g/mol. The van der Waals surface area contributed by atoms with E-state index in [1.165, 1.54) is 0 Å². The molecular formula is C13H15FN2. The van der Waals surface area contributed by atoms with Crippen LogP contribution in [0.1, 0.15) is 19.3 Å². The van der Waals surface area contributed by atoms with E-state index in [-0.39, 0.29) is 0 Å². The molecule has 3 heteroatoms. The molecule has 1 aromatic carbocycles. The Labute approximate surface area is 94.1 Å². The van der Waals surface area contributed by atoms with Crippen molar-refractivity contribution in [1.82, 2.24) is 4.98 Å². The number of alkyl halides is 1. The lowest BCUT2D eigenvalue weighted by Crippen LogP contribution is -2.36. The monoisotopic (exact) mass is 218 g/mol. The topological polar surface area (TPSA) is 19.0 Å². The highest BCUT2D eigenvalue weighted by atomic mass is 19.1. The standard InChI is InChI=1S/C13H15FN2/c14-13-7-3-4-8-16(13)12-9-15-11-6-2-1-5-10(11)12/h1-2,5-6,9,13,15H,3-4,7-8H2. The predicted molar refractivity (Wildman–Crippen MR) is 64.4 cm³/mol. The molecule has 1 atom stereocenters. The summed E-state index contributed by atoms with van der Waals surface area (Å²) in [4.78, 5) is 5.07. The first-order chi connectivity index (χ1) is 7.86. The van der Waals surface area contributed by atoms with E-state index in [2.05, 4.69) is 4.98 Å². The Hall–Kier alpha value is -1.51. The number of hydrogen-bond donors (Lipinski definition) is 1. The third kappa shape index (κ3) is 1.47. The van der Waals surface area contributed by atoms with Crippen LogP contribution in [0.15, 0.2) is 30.5 Å². The van der Waals surface area contributed by atoms with Gasteiger partial charge in [-0.15, -0.1) is 0 Å². The summed E-state index contributed by atoms with van der Waals surface area (Å²) in [5.41, 5.74) is 2.08. The van der Waals surface area contributed by atoms with Crippen LogP contribution >= 0.6 is 0 Å². The van der Waals surface area contributed by atoms with Gasteiger partial charge in [0.25, 0.3) is 0 Å². The first-order valence-corrected chi connectivity index (χ1v) is 5.83. The summed E-state index contributed by atoms with van der Waals surface area (Å²) in [5, 5.41) is 1.12. The molecule has 1 fully saturated rings. The molecule has 0 radical (unpaired) electrons. The van der Waals surface area contributed by atoms with Gasteiger partial charge in [-0.1, -0.05) is 18.2 Å². The molecule has 1 unspecified atom stereocenters. The quantitative estimate of drug-likeness (QED) is 0.726. The second kappa shape index (κ2) is 3.81. The van der Waals surface area contributed by atoms with E-state index >= 15 is 0 Å². The molecule has 2 aromatic rings. The zero-order valence-corrected chi connectivity index (χ0v) is 9.12. The summed E-state index contributed by atoms with van der Waals surface area (Å²) in [5.74, 6) is 0. The number of benzene rings is 1. The van der Waals surface area contributed by atoms with Crippen molar-refractivity contribution in [3.63, 3.8) is 0 Å². The van der Waals surface area contributed by atoms with E-state index in [0.717, 1.165) is 36.0 Å². The fourth-order valence-electron chi connectivity index (χ4n) is 2.46. The fraction of sp³-hybridized carbons (Fsp3) is 0.385. The van der Waals surface area contributed by atoms with Gasteiger partial charge >= 0.3 is 0 Å². The number of nitrogens with zero attached hydrogens (tertiary/aromatic N) is 1. The summed E-state index contributed by atoms with van der Waals surface area (Å²) in [6.07, 6.45) is 3.83. The van der Waals surface area contributed by atoms with Gasteiger partial charge in [-0.05, 0) is 25.3 Å². The first-order valence-electron chi connectivity index (χ1n) is 5.83.